The fourth-order valence-corrected chi connectivity index (χ4v) is 3.66. The van der Waals surface area contributed by atoms with Gasteiger partial charge < -0.3 is 10.3 Å². The molecule has 0 aliphatic heterocycles. The van der Waals surface area contributed by atoms with Crippen LogP contribution in [-0.2, 0) is 6.54 Å². The predicted molar refractivity (Wildman–Crippen MR) is 82.5 cm³/mol. The molecule has 0 atom stereocenters. The van der Waals surface area contributed by atoms with Gasteiger partial charge in [0.2, 0.25) is 0 Å². The van der Waals surface area contributed by atoms with Crippen LogP contribution in [0.15, 0.2) is 24.5 Å². The molecule has 102 valence electrons. The van der Waals surface area contributed by atoms with Crippen LogP contribution in [-0.4, -0.2) is 27.5 Å². The van der Waals surface area contributed by atoms with Gasteiger partial charge in [0, 0.05) is 35.6 Å². The molecule has 2 heterocycles. The second kappa shape index (κ2) is 5.97. The van der Waals surface area contributed by atoms with Gasteiger partial charge >= 0.3 is 0 Å². The molecule has 0 amide bonds. The highest BCUT2D eigenvalue weighted by molar-refractivity contribution is 7.99. The molecule has 1 fully saturated rings. The van der Waals surface area contributed by atoms with Gasteiger partial charge in [0.05, 0.1) is 0 Å². The molecule has 1 saturated carbocycles. The number of thioether (sulfide) groups is 1. The highest BCUT2D eigenvalue weighted by Gasteiger charge is 2.20. The number of rotatable bonds is 4. The molecular weight excluding hydrogens is 254 g/mol. The summed E-state index contributed by atoms with van der Waals surface area (Å²) in [6.45, 7) is 0.945. The Morgan fingerprint density at radius 3 is 3.00 bits per heavy atom. The summed E-state index contributed by atoms with van der Waals surface area (Å²) in [7, 11) is 0. The average Bonchev–Trinajstić information content (AvgIpc) is 2.89. The molecule has 3 nitrogen and oxygen atoms in total. The minimum absolute atomic E-state index is 0.685. The van der Waals surface area contributed by atoms with Crippen molar-refractivity contribution in [2.45, 2.75) is 43.5 Å². The lowest BCUT2D eigenvalue weighted by Crippen LogP contribution is -2.33. The molecule has 19 heavy (non-hydrogen) atoms. The van der Waals surface area contributed by atoms with Crippen LogP contribution in [0.1, 0.15) is 31.2 Å². The minimum atomic E-state index is 0.685. The summed E-state index contributed by atoms with van der Waals surface area (Å²) < 4.78 is 0. The van der Waals surface area contributed by atoms with Gasteiger partial charge in [-0.3, -0.25) is 0 Å². The van der Waals surface area contributed by atoms with Gasteiger partial charge in [0.25, 0.3) is 0 Å². The Labute approximate surface area is 118 Å². The van der Waals surface area contributed by atoms with Crippen LogP contribution in [0.3, 0.4) is 0 Å². The first-order chi connectivity index (χ1) is 9.36. The molecule has 3 rings (SSSR count). The summed E-state index contributed by atoms with van der Waals surface area (Å²) >= 11 is 2.02. The lowest BCUT2D eigenvalue weighted by Gasteiger charge is -2.28. The Balaban J connectivity index is 1.58. The molecular formula is C15H21N3S. The van der Waals surface area contributed by atoms with Crippen molar-refractivity contribution >= 4 is 22.8 Å². The third-order valence-electron chi connectivity index (χ3n) is 4.13. The maximum atomic E-state index is 4.33. The van der Waals surface area contributed by atoms with Gasteiger partial charge in [-0.05, 0) is 49.6 Å². The van der Waals surface area contributed by atoms with E-state index in [9.17, 15) is 0 Å². The second-order valence-corrected chi connectivity index (χ2v) is 6.44. The van der Waals surface area contributed by atoms with Gasteiger partial charge in [0.15, 0.2) is 0 Å². The highest BCUT2D eigenvalue weighted by atomic mass is 32.2. The van der Waals surface area contributed by atoms with Crippen LogP contribution in [0.2, 0.25) is 0 Å². The first-order valence-electron chi connectivity index (χ1n) is 7.04. The highest BCUT2D eigenvalue weighted by Crippen LogP contribution is 2.27. The lowest BCUT2D eigenvalue weighted by molar-refractivity contribution is 0.379. The van der Waals surface area contributed by atoms with Crippen LogP contribution in [0.5, 0.6) is 0 Å². The molecule has 2 aromatic heterocycles. The van der Waals surface area contributed by atoms with E-state index >= 15 is 0 Å². The van der Waals surface area contributed by atoms with Crippen molar-refractivity contribution < 1.29 is 0 Å². The molecule has 2 aromatic rings. The third kappa shape index (κ3) is 2.95. The largest absolute Gasteiger partial charge is 0.346 e. The summed E-state index contributed by atoms with van der Waals surface area (Å²) in [6, 6.07) is 4.83. The molecule has 0 bridgehead atoms. The standard InChI is InChI=1S/C15H21N3S/c1-19-13-6-4-12(5-7-13)17-9-11-10-18-15-14(11)3-2-8-16-15/h2-3,8,10,12-13,17H,4-7,9H2,1H3,(H,16,18). The van der Waals surface area contributed by atoms with Gasteiger partial charge in [-0.2, -0.15) is 11.8 Å². The molecule has 0 radical (unpaired) electrons. The maximum Gasteiger partial charge on any atom is 0.137 e. The zero-order valence-corrected chi connectivity index (χ0v) is 12.2. The number of H-pyrrole nitrogens is 1. The number of hydrogen-bond donors (Lipinski definition) is 2. The van der Waals surface area contributed by atoms with Crippen molar-refractivity contribution in [3.8, 4) is 0 Å². The summed E-state index contributed by atoms with van der Waals surface area (Å²) in [6.07, 6.45) is 11.5. The minimum Gasteiger partial charge on any atom is -0.346 e. The van der Waals surface area contributed by atoms with E-state index < -0.39 is 0 Å². The zero-order valence-electron chi connectivity index (χ0n) is 11.4. The number of hydrogen-bond acceptors (Lipinski definition) is 3. The molecule has 1 aliphatic carbocycles. The summed E-state index contributed by atoms with van der Waals surface area (Å²) in [5, 5.41) is 5.83. The van der Waals surface area contributed by atoms with Gasteiger partial charge in [0.1, 0.15) is 5.65 Å². The van der Waals surface area contributed by atoms with Gasteiger partial charge in [-0.25, -0.2) is 4.98 Å². The molecule has 4 heteroatoms. The van der Waals surface area contributed by atoms with E-state index in [4.69, 9.17) is 0 Å². The molecule has 0 spiro atoms. The van der Waals surface area contributed by atoms with Crippen molar-refractivity contribution in [2.24, 2.45) is 0 Å². The van der Waals surface area contributed by atoms with Crippen LogP contribution in [0.4, 0.5) is 0 Å². The third-order valence-corrected chi connectivity index (χ3v) is 5.26. The predicted octanol–water partition coefficient (Wildman–Crippen LogP) is 3.33. The van der Waals surface area contributed by atoms with E-state index in [1.165, 1.54) is 36.6 Å². The fourth-order valence-electron chi connectivity index (χ4n) is 2.92. The first kappa shape index (κ1) is 13.0. The molecule has 1 aliphatic rings. The zero-order chi connectivity index (χ0) is 13.1. The van der Waals surface area contributed by atoms with E-state index in [1.54, 1.807) is 0 Å². The van der Waals surface area contributed by atoms with Crippen molar-refractivity contribution in [3.63, 3.8) is 0 Å². The molecule has 2 N–H and O–H groups in total. The Morgan fingerprint density at radius 2 is 2.21 bits per heavy atom. The fraction of sp³-hybridized carbons (Fsp3) is 0.533. The Kier molecular flexibility index (Phi) is 4.09. The van der Waals surface area contributed by atoms with Crippen LogP contribution in [0, 0.1) is 0 Å². The monoisotopic (exact) mass is 275 g/mol. The molecule has 0 aromatic carbocycles. The van der Waals surface area contributed by atoms with Crippen molar-refractivity contribution in [3.05, 3.63) is 30.1 Å². The first-order valence-corrected chi connectivity index (χ1v) is 8.33. The Morgan fingerprint density at radius 1 is 1.37 bits per heavy atom. The topological polar surface area (TPSA) is 40.7 Å². The van der Waals surface area contributed by atoms with Crippen LogP contribution in [0.25, 0.3) is 11.0 Å². The van der Waals surface area contributed by atoms with E-state index in [2.05, 4.69) is 33.8 Å². The van der Waals surface area contributed by atoms with Crippen molar-refractivity contribution in [2.75, 3.05) is 6.26 Å². The SMILES string of the molecule is CSC1CCC(NCc2c[nH]c3ncccc23)CC1. The van der Waals surface area contributed by atoms with E-state index in [-0.39, 0.29) is 0 Å². The normalized spacial score (nSPS) is 23.8. The molecule has 0 saturated heterocycles. The number of aromatic amines is 1. The maximum absolute atomic E-state index is 4.33. The van der Waals surface area contributed by atoms with Gasteiger partial charge in [-0.1, -0.05) is 0 Å². The number of aromatic nitrogens is 2. The number of nitrogens with zero attached hydrogens (tertiary/aromatic N) is 1. The number of fused-ring (bicyclic) bond motifs is 1. The van der Waals surface area contributed by atoms with Crippen molar-refractivity contribution in [1.29, 1.82) is 0 Å². The number of pyridine rings is 1. The lowest BCUT2D eigenvalue weighted by atomic mass is 9.95. The van der Waals surface area contributed by atoms with Crippen LogP contribution >= 0.6 is 11.8 Å². The Hall–Kier alpha value is -1.00. The van der Waals surface area contributed by atoms with E-state index in [1.807, 2.05) is 24.0 Å². The smallest absolute Gasteiger partial charge is 0.137 e. The number of nitrogens with one attached hydrogen (secondary N) is 2. The summed E-state index contributed by atoms with van der Waals surface area (Å²) in [5.74, 6) is 0. The van der Waals surface area contributed by atoms with E-state index in [0.29, 0.717) is 6.04 Å². The average molecular weight is 275 g/mol. The van der Waals surface area contributed by atoms with Gasteiger partial charge in [-0.15, -0.1) is 0 Å². The second-order valence-electron chi connectivity index (χ2n) is 5.30. The summed E-state index contributed by atoms with van der Waals surface area (Å²) in [4.78, 5) is 7.57. The quantitative estimate of drug-likeness (QED) is 0.899. The van der Waals surface area contributed by atoms with Crippen molar-refractivity contribution in [1.82, 2.24) is 15.3 Å². The Bertz CT molecular complexity index is 529. The van der Waals surface area contributed by atoms with E-state index in [0.717, 1.165) is 17.4 Å². The molecule has 0 unspecified atom stereocenters. The van der Waals surface area contributed by atoms with Crippen LogP contribution < -0.4 is 5.32 Å². The summed E-state index contributed by atoms with van der Waals surface area (Å²) in [5.41, 5.74) is 2.32.